The van der Waals surface area contributed by atoms with E-state index >= 15 is 0 Å². The van der Waals surface area contributed by atoms with Gasteiger partial charge in [-0.3, -0.25) is 4.99 Å². The van der Waals surface area contributed by atoms with Crippen LogP contribution in [0.4, 0.5) is 0 Å². The Bertz CT molecular complexity index is 392. The molecule has 1 rings (SSSR count). The van der Waals surface area contributed by atoms with Gasteiger partial charge in [0.25, 0.3) is 0 Å². The lowest BCUT2D eigenvalue weighted by Gasteiger charge is -2.22. The summed E-state index contributed by atoms with van der Waals surface area (Å²) in [6, 6.07) is 8.54. The van der Waals surface area contributed by atoms with Crippen LogP contribution in [-0.2, 0) is 0 Å². The highest BCUT2D eigenvalue weighted by molar-refractivity contribution is 8.29. The molecule has 0 saturated heterocycles. The second-order valence-electron chi connectivity index (χ2n) is 6.00. The molecule has 1 aromatic rings. The van der Waals surface area contributed by atoms with Crippen molar-refractivity contribution in [3.8, 4) is 0 Å². The lowest BCUT2D eigenvalue weighted by Crippen LogP contribution is -2.20. The molecule has 19 heavy (non-hydrogen) atoms. The minimum atomic E-state index is -1.01. The molecule has 3 heteroatoms. The van der Waals surface area contributed by atoms with Crippen molar-refractivity contribution in [2.24, 2.45) is 4.99 Å². The van der Waals surface area contributed by atoms with E-state index in [9.17, 15) is 0 Å². The smallest absolute Gasteiger partial charge is 0.108 e. The first kappa shape index (κ1) is 16.5. The molecule has 1 atom stereocenters. The normalized spacial score (nSPS) is 13.9. The summed E-state index contributed by atoms with van der Waals surface area (Å²) in [7, 11) is -1.01. The summed E-state index contributed by atoms with van der Waals surface area (Å²) < 4.78 is 0. The zero-order valence-electron chi connectivity index (χ0n) is 12.9. The maximum Gasteiger partial charge on any atom is 0.108 e. The van der Waals surface area contributed by atoms with Crippen LogP contribution in [0.1, 0.15) is 30.9 Å². The predicted octanol–water partition coefficient (Wildman–Crippen LogP) is 5.15. The van der Waals surface area contributed by atoms with Gasteiger partial charge in [0.1, 0.15) is 7.22 Å². The average Bonchev–Trinajstić information content (AvgIpc) is 2.34. The molecular weight excluding hydrogens is 266 g/mol. The van der Waals surface area contributed by atoms with Crippen LogP contribution in [0.5, 0.6) is 0 Å². The molecule has 0 aliphatic rings. The molecule has 0 N–H and O–H groups in total. The van der Waals surface area contributed by atoms with Crippen LogP contribution in [0.3, 0.4) is 0 Å². The predicted molar refractivity (Wildman–Crippen MR) is 93.3 cm³/mol. The zero-order chi connectivity index (χ0) is 14.3. The highest BCUT2D eigenvalue weighted by atomic mass is 32.4. The Morgan fingerprint density at radius 2 is 1.84 bits per heavy atom. The van der Waals surface area contributed by atoms with E-state index in [0.29, 0.717) is 0 Å². The van der Waals surface area contributed by atoms with Crippen LogP contribution >= 0.6 is 11.2 Å². The summed E-state index contributed by atoms with van der Waals surface area (Å²) in [5, 5.41) is 0.779. The maximum absolute atomic E-state index is 4.57. The fourth-order valence-corrected chi connectivity index (χ4v) is 7.13. The highest BCUT2D eigenvalue weighted by Crippen LogP contribution is 2.28. The molecule has 106 valence electrons. The molecule has 0 spiro atoms. The molecular formula is C16H27NSSi. The Hall–Kier alpha value is -0.543. The van der Waals surface area contributed by atoms with Gasteiger partial charge in [-0.1, -0.05) is 56.4 Å². The van der Waals surface area contributed by atoms with Gasteiger partial charge in [-0.15, -0.1) is 0 Å². The standard InChI is InChI=1S/C16H27NSSi/c1-6-16(18-19(3,4)5)11-12-17-13-15-9-7-14(2)8-10-15/h7-10,13,16H,6,11-12H2,1-5H3/b17-13+. The summed E-state index contributed by atoms with van der Waals surface area (Å²) >= 11 is 2.22. The van der Waals surface area contributed by atoms with E-state index in [-0.39, 0.29) is 0 Å². The first-order valence-electron chi connectivity index (χ1n) is 7.15. The van der Waals surface area contributed by atoms with Crippen molar-refractivity contribution in [3.05, 3.63) is 35.4 Å². The lowest BCUT2D eigenvalue weighted by atomic mass is 10.2. The first-order chi connectivity index (χ1) is 8.90. The molecule has 0 heterocycles. The number of aliphatic imine (C=N–C) groups is 1. The molecule has 1 unspecified atom stereocenters. The monoisotopic (exact) mass is 293 g/mol. The number of hydrogen-bond donors (Lipinski definition) is 0. The van der Waals surface area contributed by atoms with Crippen molar-refractivity contribution in [2.75, 3.05) is 6.54 Å². The third kappa shape index (κ3) is 7.58. The van der Waals surface area contributed by atoms with Crippen LogP contribution in [0, 0.1) is 6.92 Å². The van der Waals surface area contributed by atoms with Crippen molar-refractivity contribution in [1.29, 1.82) is 0 Å². The van der Waals surface area contributed by atoms with Gasteiger partial charge in [-0.2, -0.15) is 11.2 Å². The van der Waals surface area contributed by atoms with Crippen LogP contribution in [0.15, 0.2) is 29.3 Å². The summed E-state index contributed by atoms with van der Waals surface area (Å²) in [6.07, 6.45) is 4.47. The highest BCUT2D eigenvalue weighted by Gasteiger charge is 2.19. The fraction of sp³-hybridized carbons (Fsp3) is 0.562. The number of nitrogens with zero attached hydrogens (tertiary/aromatic N) is 1. The summed E-state index contributed by atoms with van der Waals surface area (Å²) in [6.45, 7) is 12.6. The first-order valence-corrected chi connectivity index (χ1v) is 12.3. The Kier molecular flexibility index (Phi) is 6.87. The SMILES string of the molecule is CCC(CC/N=C/c1ccc(C)cc1)S[Si](C)(C)C. The number of benzene rings is 1. The van der Waals surface area contributed by atoms with Crippen molar-refractivity contribution in [1.82, 2.24) is 0 Å². The van der Waals surface area contributed by atoms with E-state index in [1.807, 2.05) is 6.21 Å². The van der Waals surface area contributed by atoms with Crippen LogP contribution < -0.4 is 0 Å². The van der Waals surface area contributed by atoms with E-state index in [2.05, 4.69) is 74.0 Å². The fourth-order valence-electron chi connectivity index (χ4n) is 1.89. The maximum atomic E-state index is 4.57. The van der Waals surface area contributed by atoms with Gasteiger partial charge in [0.15, 0.2) is 0 Å². The van der Waals surface area contributed by atoms with E-state index in [4.69, 9.17) is 0 Å². The minimum Gasteiger partial charge on any atom is -0.293 e. The number of hydrogen-bond acceptors (Lipinski definition) is 2. The van der Waals surface area contributed by atoms with Gasteiger partial charge in [-0.05, 0) is 25.3 Å². The molecule has 1 aromatic carbocycles. The summed E-state index contributed by atoms with van der Waals surface area (Å²) in [5.41, 5.74) is 2.51. The lowest BCUT2D eigenvalue weighted by molar-refractivity contribution is 0.750. The summed E-state index contributed by atoms with van der Waals surface area (Å²) in [5.74, 6) is 0. The molecule has 0 amide bonds. The Morgan fingerprint density at radius 1 is 1.21 bits per heavy atom. The van der Waals surface area contributed by atoms with Crippen LogP contribution in [0.2, 0.25) is 19.6 Å². The van der Waals surface area contributed by atoms with Crippen LogP contribution in [-0.4, -0.2) is 25.2 Å². The molecule has 0 aliphatic heterocycles. The molecule has 1 nitrogen and oxygen atoms in total. The Balaban J connectivity index is 2.37. The Labute approximate surface area is 123 Å². The van der Waals surface area contributed by atoms with Gasteiger partial charge >= 0.3 is 0 Å². The quantitative estimate of drug-likeness (QED) is 0.500. The van der Waals surface area contributed by atoms with E-state index in [1.54, 1.807) is 0 Å². The second-order valence-corrected chi connectivity index (χ2v) is 15.5. The van der Waals surface area contributed by atoms with Crippen molar-refractivity contribution in [2.45, 2.75) is 51.6 Å². The minimum absolute atomic E-state index is 0.779. The van der Waals surface area contributed by atoms with Crippen LogP contribution in [0.25, 0.3) is 0 Å². The number of aryl methyl sites for hydroxylation is 1. The summed E-state index contributed by atoms with van der Waals surface area (Å²) in [4.78, 5) is 4.57. The topological polar surface area (TPSA) is 12.4 Å². The molecule has 0 saturated carbocycles. The van der Waals surface area contributed by atoms with Gasteiger partial charge in [0, 0.05) is 18.0 Å². The number of rotatable bonds is 7. The van der Waals surface area contributed by atoms with E-state index < -0.39 is 7.22 Å². The second kappa shape index (κ2) is 7.90. The van der Waals surface area contributed by atoms with Crippen molar-refractivity contribution >= 4 is 24.6 Å². The average molecular weight is 294 g/mol. The van der Waals surface area contributed by atoms with Crippen molar-refractivity contribution < 1.29 is 0 Å². The van der Waals surface area contributed by atoms with E-state index in [1.165, 1.54) is 24.0 Å². The largest absolute Gasteiger partial charge is 0.293 e. The van der Waals surface area contributed by atoms with Gasteiger partial charge in [0.2, 0.25) is 0 Å². The third-order valence-electron chi connectivity index (χ3n) is 2.87. The van der Waals surface area contributed by atoms with Gasteiger partial charge < -0.3 is 0 Å². The van der Waals surface area contributed by atoms with E-state index in [0.717, 1.165) is 11.8 Å². The van der Waals surface area contributed by atoms with Crippen molar-refractivity contribution in [3.63, 3.8) is 0 Å². The molecule has 0 fully saturated rings. The molecule has 0 aromatic heterocycles. The Morgan fingerprint density at radius 3 is 2.37 bits per heavy atom. The third-order valence-corrected chi connectivity index (χ3v) is 7.60. The van der Waals surface area contributed by atoms with Gasteiger partial charge in [0.05, 0.1) is 0 Å². The zero-order valence-corrected chi connectivity index (χ0v) is 14.8. The molecule has 0 radical (unpaired) electrons. The van der Waals surface area contributed by atoms with Gasteiger partial charge in [-0.25, -0.2) is 0 Å². The molecule has 0 aliphatic carbocycles. The molecule has 0 bridgehead atoms.